The largest absolute Gasteiger partial charge is 0.444 e. The van der Waals surface area contributed by atoms with E-state index in [1.807, 2.05) is 45.0 Å². The van der Waals surface area contributed by atoms with Gasteiger partial charge in [0.25, 0.3) is 5.91 Å². The summed E-state index contributed by atoms with van der Waals surface area (Å²) in [7, 11) is 0. The highest BCUT2D eigenvalue weighted by molar-refractivity contribution is 5.99. The molecule has 9 heteroatoms. The maximum absolute atomic E-state index is 15.1. The summed E-state index contributed by atoms with van der Waals surface area (Å²) in [6, 6.07) is 12.3. The van der Waals surface area contributed by atoms with Crippen LogP contribution in [0.25, 0.3) is 10.8 Å². The van der Waals surface area contributed by atoms with Gasteiger partial charge in [-0.3, -0.25) is 14.6 Å². The highest BCUT2D eigenvalue weighted by Gasteiger charge is 2.33. The van der Waals surface area contributed by atoms with E-state index in [0.717, 1.165) is 29.3 Å². The van der Waals surface area contributed by atoms with Gasteiger partial charge in [-0.05, 0) is 80.8 Å². The minimum absolute atomic E-state index is 0.0199. The molecule has 2 atom stereocenters. The van der Waals surface area contributed by atoms with Crippen molar-refractivity contribution in [2.45, 2.75) is 51.6 Å². The van der Waals surface area contributed by atoms with E-state index in [1.165, 1.54) is 12.1 Å². The van der Waals surface area contributed by atoms with E-state index in [-0.39, 0.29) is 35.8 Å². The zero-order chi connectivity index (χ0) is 28.4. The molecule has 0 bridgehead atoms. The number of nitrogens with zero attached hydrogens (tertiary/aromatic N) is 3. The van der Waals surface area contributed by atoms with Crippen molar-refractivity contribution >= 4 is 34.4 Å². The molecule has 2 aliphatic rings. The van der Waals surface area contributed by atoms with E-state index in [0.29, 0.717) is 31.7 Å². The number of piperidine rings is 1. The Kier molecular flexibility index (Phi) is 7.74. The van der Waals surface area contributed by atoms with Crippen LogP contribution in [0.15, 0.2) is 54.9 Å². The molecule has 0 spiro atoms. The third-order valence-electron chi connectivity index (χ3n) is 7.49. The molecule has 0 saturated carbocycles. The monoisotopic (exact) mass is 546 g/mol. The van der Waals surface area contributed by atoms with Crippen LogP contribution in [0.5, 0.6) is 0 Å². The van der Waals surface area contributed by atoms with Gasteiger partial charge in [0.2, 0.25) is 5.91 Å². The highest BCUT2D eigenvalue weighted by atomic mass is 19.1. The predicted octanol–water partition coefficient (Wildman–Crippen LogP) is 5.27. The number of carbonyl (C=O) groups excluding carboxylic acids is 3. The molecule has 3 aromatic rings. The summed E-state index contributed by atoms with van der Waals surface area (Å²) in [5, 5.41) is 4.82. The summed E-state index contributed by atoms with van der Waals surface area (Å²) in [5.41, 5.74) is 0.888. The van der Waals surface area contributed by atoms with E-state index in [9.17, 15) is 14.4 Å². The average molecular weight is 547 g/mol. The Morgan fingerprint density at radius 1 is 1.10 bits per heavy atom. The SMILES string of the molecule is CC(C)(C)OC(=O)N1CCC[C@@H](CNC(=O)c2ccc(C3CC(=O)N(c4ccc5cnccc5c4)C3)cc2F)C1. The van der Waals surface area contributed by atoms with Crippen molar-refractivity contribution in [3.05, 3.63) is 71.8 Å². The minimum Gasteiger partial charge on any atom is -0.444 e. The third kappa shape index (κ3) is 6.24. The fraction of sp³-hybridized carbons (Fsp3) is 0.419. The zero-order valence-electron chi connectivity index (χ0n) is 23.2. The summed E-state index contributed by atoms with van der Waals surface area (Å²) < 4.78 is 20.6. The lowest BCUT2D eigenvalue weighted by molar-refractivity contribution is -0.117. The van der Waals surface area contributed by atoms with Crippen molar-refractivity contribution in [1.29, 1.82) is 0 Å². The van der Waals surface area contributed by atoms with Crippen LogP contribution in [0.3, 0.4) is 0 Å². The van der Waals surface area contributed by atoms with Crippen molar-refractivity contribution in [2.24, 2.45) is 5.92 Å². The molecule has 1 N–H and O–H groups in total. The Morgan fingerprint density at radius 3 is 2.70 bits per heavy atom. The van der Waals surface area contributed by atoms with Gasteiger partial charge in [-0.15, -0.1) is 0 Å². The molecule has 8 nitrogen and oxygen atoms in total. The van der Waals surface area contributed by atoms with Gasteiger partial charge in [-0.2, -0.15) is 0 Å². The Labute approximate surface area is 233 Å². The number of benzene rings is 2. The number of fused-ring (bicyclic) bond motifs is 1. The number of halogens is 1. The fourth-order valence-corrected chi connectivity index (χ4v) is 5.44. The van der Waals surface area contributed by atoms with Crippen molar-refractivity contribution in [2.75, 3.05) is 31.1 Å². The standard InChI is InChI=1S/C31H35FN4O4/c1-31(2,3)40-30(39)35-12-4-5-20(18-35)16-34-29(38)26-9-7-21(14-27(26)32)24-15-28(37)36(19-24)25-8-6-23-17-33-11-10-22(23)13-25/h6-11,13-14,17,20,24H,4-5,12,15-16,18-19H2,1-3H3,(H,34,38)/t20-,24?/m0/s1. The topological polar surface area (TPSA) is 91.8 Å². The van der Waals surface area contributed by atoms with Gasteiger partial charge in [-0.25, -0.2) is 9.18 Å². The summed E-state index contributed by atoms with van der Waals surface area (Å²) in [6.07, 6.45) is 5.09. The van der Waals surface area contributed by atoms with Gasteiger partial charge in [0.15, 0.2) is 0 Å². The number of pyridine rings is 1. The summed E-state index contributed by atoms with van der Waals surface area (Å²) in [4.78, 5) is 45.6. The van der Waals surface area contributed by atoms with Crippen LogP contribution in [-0.4, -0.2) is 59.6 Å². The quantitative estimate of drug-likeness (QED) is 0.471. The maximum atomic E-state index is 15.1. The van der Waals surface area contributed by atoms with E-state index in [1.54, 1.807) is 28.3 Å². The molecule has 2 aliphatic heterocycles. The van der Waals surface area contributed by atoms with Crippen molar-refractivity contribution in [1.82, 2.24) is 15.2 Å². The smallest absolute Gasteiger partial charge is 0.410 e. The molecular weight excluding hydrogens is 511 g/mol. The molecule has 2 aromatic carbocycles. The van der Waals surface area contributed by atoms with Crippen LogP contribution in [0.1, 0.15) is 61.9 Å². The lowest BCUT2D eigenvalue weighted by Crippen LogP contribution is -2.45. The molecule has 3 heterocycles. The van der Waals surface area contributed by atoms with E-state index in [4.69, 9.17) is 4.74 Å². The Hall–Kier alpha value is -4.01. The second-order valence-corrected chi connectivity index (χ2v) is 11.7. The number of rotatable bonds is 5. The second-order valence-electron chi connectivity index (χ2n) is 11.7. The number of carbonyl (C=O) groups is 3. The van der Waals surface area contributed by atoms with Crippen LogP contribution < -0.4 is 10.2 Å². The molecule has 0 radical (unpaired) electrons. The minimum atomic E-state index is -0.613. The van der Waals surface area contributed by atoms with Gasteiger partial charge in [0.1, 0.15) is 11.4 Å². The lowest BCUT2D eigenvalue weighted by atomic mass is 9.96. The van der Waals surface area contributed by atoms with Gasteiger partial charge < -0.3 is 19.9 Å². The number of nitrogens with one attached hydrogen (secondary N) is 1. The highest BCUT2D eigenvalue weighted by Crippen LogP contribution is 2.33. The second kappa shape index (κ2) is 11.2. The number of hydrogen-bond donors (Lipinski definition) is 1. The Morgan fingerprint density at radius 2 is 1.93 bits per heavy atom. The molecule has 210 valence electrons. The van der Waals surface area contributed by atoms with Crippen molar-refractivity contribution < 1.29 is 23.5 Å². The van der Waals surface area contributed by atoms with Gasteiger partial charge in [0.05, 0.1) is 5.56 Å². The first kappa shape index (κ1) is 27.6. The molecule has 1 aromatic heterocycles. The summed E-state index contributed by atoms with van der Waals surface area (Å²) in [6.45, 7) is 7.37. The molecule has 1 unspecified atom stereocenters. The van der Waals surface area contributed by atoms with Crippen molar-refractivity contribution in [3.8, 4) is 0 Å². The van der Waals surface area contributed by atoms with Crippen molar-refractivity contribution in [3.63, 3.8) is 0 Å². The number of anilines is 1. The maximum Gasteiger partial charge on any atom is 0.410 e. The lowest BCUT2D eigenvalue weighted by Gasteiger charge is -2.34. The summed E-state index contributed by atoms with van der Waals surface area (Å²) >= 11 is 0. The van der Waals surface area contributed by atoms with Crippen LogP contribution >= 0.6 is 0 Å². The zero-order valence-corrected chi connectivity index (χ0v) is 23.2. The number of aromatic nitrogens is 1. The summed E-state index contributed by atoms with van der Waals surface area (Å²) in [5.74, 6) is -1.23. The van der Waals surface area contributed by atoms with Gasteiger partial charge in [-0.1, -0.05) is 12.1 Å². The van der Waals surface area contributed by atoms with Gasteiger partial charge in [0, 0.05) is 62.0 Å². The normalized spacial score (nSPS) is 19.6. The number of likely N-dealkylation sites (tertiary alicyclic amines) is 1. The van der Waals surface area contributed by atoms with E-state index < -0.39 is 17.3 Å². The first-order valence-corrected chi connectivity index (χ1v) is 13.8. The van der Waals surface area contributed by atoms with Crippen LogP contribution in [0.4, 0.5) is 14.9 Å². The number of ether oxygens (including phenoxy) is 1. The van der Waals surface area contributed by atoms with Crippen LogP contribution in [0.2, 0.25) is 0 Å². The molecule has 3 amide bonds. The molecular formula is C31H35FN4O4. The Balaban J connectivity index is 1.19. The molecule has 2 fully saturated rings. The molecule has 2 saturated heterocycles. The van der Waals surface area contributed by atoms with E-state index in [2.05, 4.69) is 10.3 Å². The van der Waals surface area contributed by atoms with E-state index >= 15 is 4.39 Å². The number of hydrogen-bond acceptors (Lipinski definition) is 5. The molecule has 0 aliphatic carbocycles. The average Bonchev–Trinajstić information content (AvgIpc) is 3.32. The number of amides is 3. The molecule has 5 rings (SSSR count). The third-order valence-corrected chi connectivity index (χ3v) is 7.49. The predicted molar refractivity (Wildman–Crippen MR) is 151 cm³/mol. The first-order valence-electron chi connectivity index (χ1n) is 13.8. The van der Waals surface area contributed by atoms with Crippen LogP contribution in [-0.2, 0) is 9.53 Å². The fourth-order valence-electron chi connectivity index (χ4n) is 5.44. The molecule has 40 heavy (non-hydrogen) atoms. The van der Waals surface area contributed by atoms with Gasteiger partial charge >= 0.3 is 6.09 Å². The Bertz CT molecular complexity index is 1440. The first-order chi connectivity index (χ1) is 19.1. The van der Waals surface area contributed by atoms with Crippen LogP contribution in [0, 0.1) is 11.7 Å².